The predicted octanol–water partition coefficient (Wildman–Crippen LogP) is 1.34. The highest BCUT2D eigenvalue weighted by atomic mass is 16.4. The van der Waals surface area contributed by atoms with E-state index in [1.54, 1.807) is 11.0 Å². The maximum Gasteiger partial charge on any atom is 0.354 e. The van der Waals surface area contributed by atoms with E-state index in [9.17, 15) is 9.59 Å². The Kier molecular flexibility index (Phi) is 4.90. The number of amides is 1. The summed E-state index contributed by atoms with van der Waals surface area (Å²) in [5.74, 6) is -1.23. The number of carbonyl (C=O) groups is 2. The van der Waals surface area contributed by atoms with Gasteiger partial charge in [0.25, 0.3) is 5.91 Å². The van der Waals surface area contributed by atoms with Crippen molar-refractivity contribution >= 4 is 11.9 Å². The van der Waals surface area contributed by atoms with Crippen LogP contribution in [0.3, 0.4) is 0 Å². The molecule has 1 saturated heterocycles. The second-order valence-electron chi connectivity index (χ2n) is 5.15. The zero-order valence-electron chi connectivity index (χ0n) is 12.5. The van der Waals surface area contributed by atoms with Crippen molar-refractivity contribution in [1.82, 2.24) is 14.8 Å². The Morgan fingerprint density at radius 1 is 1.43 bits per heavy atom. The minimum absolute atomic E-state index is 0.0969. The first-order chi connectivity index (χ1) is 10.1. The molecule has 1 N–H and O–H groups in total. The smallest absolute Gasteiger partial charge is 0.354 e. The minimum Gasteiger partial charge on any atom is -0.477 e. The van der Waals surface area contributed by atoms with E-state index in [0.717, 1.165) is 19.5 Å². The van der Waals surface area contributed by atoms with E-state index >= 15 is 0 Å². The fourth-order valence-corrected chi connectivity index (χ4v) is 2.83. The van der Waals surface area contributed by atoms with Gasteiger partial charge >= 0.3 is 5.97 Å². The van der Waals surface area contributed by atoms with Crippen molar-refractivity contribution in [2.45, 2.75) is 26.3 Å². The molecule has 6 heteroatoms. The summed E-state index contributed by atoms with van der Waals surface area (Å²) in [6.07, 6.45) is 2.33. The van der Waals surface area contributed by atoms with Crippen LogP contribution in [-0.2, 0) is 0 Å². The lowest BCUT2D eigenvalue weighted by Gasteiger charge is -2.26. The number of aromatic carboxylic acids is 1. The Morgan fingerprint density at radius 2 is 2.14 bits per heavy atom. The lowest BCUT2D eigenvalue weighted by molar-refractivity contribution is 0.0690. The van der Waals surface area contributed by atoms with Gasteiger partial charge in [0.1, 0.15) is 5.69 Å². The fourth-order valence-electron chi connectivity index (χ4n) is 2.83. The van der Waals surface area contributed by atoms with Gasteiger partial charge in [0.05, 0.1) is 0 Å². The summed E-state index contributed by atoms with van der Waals surface area (Å²) in [5.41, 5.74) is 0.294. The summed E-state index contributed by atoms with van der Waals surface area (Å²) in [6.45, 7) is 7.60. The third kappa shape index (κ3) is 3.39. The quantitative estimate of drug-likeness (QED) is 0.886. The number of carbonyl (C=O) groups excluding carboxylic acids is 1. The van der Waals surface area contributed by atoms with E-state index in [1.807, 2.05) is 0 Å². The molecule has 1 atom stereocenters. The summed E-state index contributed by atoms with van der Waals surface area (Å²) in [6, 6.07) is 3.30. The van der Waals surface area contributed by atoms with Crippen LogP contribution in [0.5, 0.6) is 0 Å². The Labute approximate surface area is 124 Å². The largest absolute Gasteiger partial charge is 0.477 e. The predicted molar refractivity (Wildman–Crippen MR) is 78.4 cm³/mol. The lowest BCUT2D eigenvalue weighted by Crippen LogP contribution is -2.38. The van der Waals surface area contributed by atoms with E-state index in [0.29, 0.717) is 24.7 Å². The van der Waals surface area contributed by atoms with Crippen LogP contribution in [0.1, 0.15) is 41.1 Å². The van der Waals surface area contributed by atoms with Crippen LogP contribution in [0, 0.1) is 0 Å². The number of nitrogens with zero attached hydrogens (tertiary/aromatic N) is 3. The molecule has 1 fully saturated rings. The molecular weight excluding hydrogens is 270 g/mol. The summed E-state index contributed by atoms with van der Waals surface area (Å²) in [7, 11) is 0. The molecule has 114 valence electrons. The second-order valence-corrected chi connectivity index (χ2v) is 5.15. The van der Waals surface area contributed by atoms with Crippen molar-refractivity contribution in [3.63, 3.8) is 0 Å². The van der Waals surface area contributed by atoms with Crippen LogP contribution in [0.4, 0.5) is 0 Å². The van der Waals surface area contributed by atoms with Crippen molar-refractivity contribution < 1.29 is 14.7 Å². The molecule has 1 aromatic rings. The SMILES string of the molecule is CCN(CC)C1CCN(C(=O)c2ccnc(C(=O)O)c2)C1. The van der Waals surface area contributed by atoms with Crippen molar-refractivity contribution in [3.05, 3.63) is 29.6 Å². The summed E-state index contributed by atoms with van der Waals surface area (Å²) in [5, 5.41) is 8.94. The van der Waals surface area contributed by atoms with Gasteiger partial charge in [0.2, 0.25) is 0 Å². The average molecular weight is 291 g/mol. The molecule has 1 unspecified atom stereocenters. The molecule has 2 rings (SSSR count). The molecule has 1 amide bonds. The molecule has 0 bridgehead atoms. The topological polar surface area (TPSA) is 73.7 Å². The Hall–Kier alpha value is -1.95. The van der Waals surface area contributed by atoms with Crippen molar-refractivity contribution in [2.75, 3.05) is 26.2 Å². The first kappa shape index (κ1) is 15.4. The number of hydrogen-bond donors (Lipinski definition) is 1. The Morgan fingerprint density at radius 3 is 2.76 bits per heavy atom. The number of carboxylic acid groups (broad SMARTS) is 1. The Balaban J connectivity index is 2.08. The zero-order valence-corrected chi connectivity index (χ0v) is 12.5. The van der Waals surface area contributed by atoms with E-state index in [1.165, 1.54) is 12.3 Å². The summed E-state index contributed by atoms with van der Waals surface area (Å²) in [4.78, 5) is 31.3. The number of hydrogen-bond acceptors (Lipinski definition) is 4. The number of likely N-dealkylation sites (tertiary alicyclic amines) is 1. The first-order valence-corrected chi connectivity index (χ1v) is 7.29. The minimum atomic E-state index is -1.12. The lowest BCUT2D eigenvalue weighted by atomic mass is 10.2. The molecular formula is C15H21N3O3. The molecule has 1 aliphatic heterocycles. The van der Waals surface area contributed by atoms with Gasteiger partial charge in [0.15, 0.2) is 0 Å². The van der Waals surface area contributed by atoms with E-state index in [4.69, 9.17) is 5.11 Å². The van der Waals surface area contributed by atoms with Gasteiger partial charge in [-0.15, -0.1) is 0 Å². The molecule has 1 aromatic heterocycles. The van der Waals surface area contributed by atoms with E-state index in [2.05, 4.69) is 23.7 Å². The third-order valence-corrected chi connectivity index (χ3v) is 4.01. The second kappa shape index (κ2) is 6.67. The number of carboxylic acids is 1. The highest BCUT2D eigenvalue weighted by molar-refractivity contribution is 5.96. The van der Waals surface area contributed by atoms with Gasteiger partial charge in [-0.25, -0.2) is 9.78 Å². The number of rotatable bonds is 5. The summed E-state index contributed by atoms with van der Waals surface area (Å²) < 4.78 is 0. The molecule has 1 aliphatic rings. The van der Waals surface area contributed by atoms with Crippen molar-refractivity contribution in [2.24, 2.45) is 0 Å². The van der Waals surface area contributed by atoms with Gasteiger partial charge in [-0.05, 0) is 31.6 Å². The zero-order chi connectivity index (χ0) is 15.4. The molecule has 0 saturated carbocycles. The highest BCUT2D eigenvalue weighted by Crippen LogP contribution is 2.18. The van der Waals surface area contributed by atoms with Crippen molar-refractivity contribution in [1.29, 1.82) is 0 Å². The molecule has 0 spiro atoms. The molecule has 2 heterocycles. The molecule has 6 nitrogen and oxygen atoms in total. The molecule has 0 aliphatic carbocycles. The van der Waals surface area contributed by atoms with Crippen LogP contribution in [0.25, 0.3) is 0 Å². The average Bonchev–Trinajstić information content (AvgIpc) is 2.97. The normalized spacial score (nSPS) is 18.2. The number of aromatic nitrogens is 1. The third-order valence-electron chi connectivity index (χ3n) is 4.01. The van der Waals surface area contributed by atoms with Gasteiger partial charge in [-0.2, -0.15) is 0 Å². The van der Waals surface area contributed by atoms with Crippen LogP contribution in [-0.4, -0.2) is 64.0 Å². The van der Waals surface area contributed by atoms with Gasteiger partial charge < -0.3 is 10.0 Å². The molecule has 0 aromatic carbocycles. The van der Waals surface area contributed by atoms with Gasteiger partial charge in [-0.3, -0.25) is 9.69 Å². The van der Waals surface area contributed by atoms with E-state index < -0.39 is 5.97 Å². The van der Waals surface area contributed by atoms with Crippen LogP contribution in [0.15, 0.2) is 18.3 Å². The molecule has 0 radical (unpaired) electrons. The standard InChI is InChI=1S/C15H21N3O3/c1-3-17(4-2)12-6-8-18(10-12)14(19)11-5-7-16-13(9-11)15(20)21/h5,7,9,12H,3-4,6,8,10H2,1-2H3,(H,20,21). The summed E-state index contributed by atoms with van der Waals surface area (Å²) >= 11 is 0. The van der Waals surface area contributed by atoms with Crippen molar-refractivity contribution in [3.8, 4) is 0 Å². The van der Waals surface area contributed by atoms with Gasteiger partial charge in [-0.1, -0.05) is 13.8 Å². The van der Waals surface area contributed by atoms with Crippen LogP contribution in [0.2, 0.25) is 0 Å². The highest BCUT2D eigenvalue weighted by Gasteiger charge is 2.29. The monoisotopic (exact) mass is 291 g/mol. The number of likely N-dealkylation sites (N-methyl/N-ethyl adjacent to an activating group) is 1. The maximum atomic E-state index is 12.5. The van der Waals surface area contributed by atoms with Crippen LogP contribution >= 0.6 is 0 Å². The number of pyridine rings is 1. The first-order valence-electron chi connectivity index (χ1n) is 7.29. The maximum absolute atomic E-state index is 12.5. The fraction of sp³-hybridized carbons (Fsp3) is 0.533. The molecule has 21 heavy (non-hydrogen) atoms. The Bertz CT molecular complexity index is 529. The van der Waals surface area contributed by atoms with E-state index in [-0.39, 0.29) is 11.6 Å². The van der Waals surface area contributed by atoms with Crippen LogP contribution < -0.4 is 0 Å². The van der Waals surface area contributed by atoms with Gasteiger partial charge in [0, 0.05) is 30.9 Å².